The minimum atomic E-state index is 0.630. The van der Waals surface area contributed by atoms with Gasteiger partial charge in [-0.1, -0.05) is 12.1 Å². The Morgan fingerprint density at radius 1 is 0.583 bits per heavy atom. The maximum Gasteiger partial charge on any atom is 0.123 e. The average molecular weight is 312 g/mol. The van der Waals surface area contributed by atoms with Gasteiger partial charge in [0.2, 0.25) is 0 Å². The predicted molar refractivity (Wildman–Crippen MR) is 89.5 cm³/mol. The van der Waals surface area contributed by atoms with E-state index in [9.17, 15) is 0 Å². The van der Waals surface area contributed by atoms with E-state index in [2.05, 4.69) is 30.4 Å². The van der Waals surface area contributed by atoms with Gasteiger partial charge in [0.1, 0.15) is 11.4 Å². The van der Waals surface area contributed by atoms with Crippen LogP contribution in [0.1, 0.15) is 0 Å². The highest BCUT2D eigenvalue weighted by Crippen LogP contribution is 2.35. The summed E-state index contributed by atoms with van der Waals surface area (Å²) in [5, 5.41) is 16.5. The summed E-state index contributed by atoms with van der Waals surface area (Å²) in [5.74, 6) is 0. The number of hydrogen-bond donors (Lipinski definition) is 0. The van der Waals surface area contributed by atoms with E-state index in [0.29, 0.717) is 11.4 Å². The zero-order valence-corrected chi connectivity index (χ0v) is 12.6. The maximum atomic E-state index is 4.48. The Bertz CT molecular complexity index is 885. The molecule has 0 aliphatic carbocycles. The van der Waals surface area contributed by atoms with Gasteiger partial charge in [0.05, 0.1) is 17.6 Å². The van der Waals surface area contributed by atoms with Crippen molar-refractivity contribution in [3.63, 3.8) is 0 Å². The van der Waals surface area contributed by atoms with Crippen LogP contribution in [0.5, 0.6) is 0 Å². The molecule has 6 nitrogen and oxygen atoms in total. The Morgan fingerprint density at radius 2 is 1.33 bits per heavy atom. The molecule has 114 valence electrons. The van der Waals surface area contributed by atoms with E-state index in [1.807, 2.05) is 48.5 Å². The first kappa shape index (κ1) is 14.1. The molecule has 4 aromatic rings. The fraction of sp³-hybridized carbons (Fsp3) is 0. The van der Waals surface area contributed by atoms with E-state index in [-0.39, 0.29) is 0 Å². The lowest BCUT2D eigenvalue weighted by Crippen LogP contribution is -1.99. The van der Waals surface area contributed by atoms with E-state index >= 15 is 0 Å². The topological polar surface area (TPSA) is 77.3 Å². The number of rotatable bonds is 3. The summed E-state index contributed by atoms with van der Waals surface area (Å²) in [6, 6.07) is 15.2. The molecule has 0 amide bonds. The number of nitrogens with zero attached hydrogens (tertiary/aromatic N) is 6. The van der Waals surface area contributed by atoms with Gasteiger partial charge in [0, 0.05) is 29.7 Å². The first-order chi connectivity index (χ1) is 11.9. The largest absolute Gasteiger partial charge is 0.256 e. The summed E-state index contributed by atoms with van der Waals surface area (Å²) in [4.78, 5) is 8.92. The molecule has 0 saturated heterocycles. The average Bonchev–Trinajstić information content (AvgIpc) is 2.69. The molecule has 0 aliphatic heterocycles. The lowest BCUT2D eigenvalue weighted by atomic mass is 9.99. The summed E-state index contributed by atoms with van der Waals surface area (Å²) in [5.41, 5.74) is 4.55. The Kier molecular flexibility index (Phi) is 3.69. The Hall–Kier alpha value is -3.54. The van der Waals surface area contributed by atoms with E-state index in [1.165, 1.54) is 0 Å². The third kappa shape index (κ3) is 2.61. The van der Waals surface area contributed by atoms with Crippen LogP contribution in [0.2, 0.25) is 0 Å². The van der Waals surface area contributed by atoms with E-state index in [4.69, 9.17) is 0 Å². The second kappa shape index (κ2) is 6.29. The van der Waals surface area contributed by atoms with Crippen LogP contribution < -0.4 is 0 Å². The molecular formula is C18H12N6. The van der Waals surface area contributed by atoms with Crippen LogP contribution in [0.15, 0.2) is 73.3 Å². The van der Waals surface area contributed by atoms with Crippen LogP contribution in [0, 0.1) is 0 Å². The molecular weight excluding hydrogens is 300 g/mol. The molecule has 0 radical (unpaired) electrons. The molecule has 0 unspecified atom stereocenters. The molecule has 0 fully saturated rings. The van der Waals surface area contributed by atoms with Crippen molar-refractivity contribution >= 4 is 0 Å². The van der Waals surface area contributed by atoms with Gasteiger partial charge < -0.3 is 0 Å². The minimum absolute atomic E-state index is 0.630. The van der Waals surface area contributed by atoms with Gasteiger partial charge in [-0.2, -0.15) is 10.2 Å². The van der Waals surface area contributed by atoms with Crippen molar-refractivity contribution in [2.45, 2.75) is 0 Å². The highest BCUT2D eigenvalue weighted by molar-refractivity contribution is 5.88. The van der Waals surface area contributed by atoms with Crippen molar-refractivity contribution in [3.05, 3.63) is 73.3 Å². The van der Waals surface area contributed by atoms with Gasteiger partial charge in [-0.25, -0.2) is 0 Å². The van der Waals surface area contributed by atoms with E-state index in [1.54, 1.807) is 24.8 Å². The van der Waals surface area contributed by atoms with Gasteiger partial charge >= 0.3 is 0 Å². The maximum absolute atomic E-state index is 4.48. The molecule has 4 rings (SSSR count). The number of pyridine rings is 2. The molecule has 6 heteroatoms. The lowest BCUT2D eigenvalue weighted by molar-refractivity contribution is 0.989. The fourth-order valence-corrected chi connectivity index (χ4v) is 2.48. The Balaban J connectivity index is 2.02. The van der Waals surface area contributed by atoms with Gasteiger partial charge in [0.25, 0.3) is 0 Å². The molecule has 4 heterocycles. The van der Waals surface area contributed by atoms with Crippen molar-refractivity contribution in [2.24, 2.45) is 0 Å². The Morgan fingerprint density at radius 3 is 2.00 bits per heavy atom. The second-order valence-corrected chi connectivity index (χ2v) is 5.02. The fourth-order valence-electron chi connectivity index (χ4n) is 2.48. The van der Waals surface area contributed by atoms with Crippen molar-refractivity contribution in [3.8, 4) is 33.9 Å². The summed E-state index contributed by atoms with van der Waals surface area (Å²) in [6.07, 6.45) is 6.82. The van der Waals surface area contributed by atoms with Crippen LogP contribution in [0.4, 0.5) is 0 Å². The minimum Gasteiger partial charge on any atom is -0.256 e. The van der Waals surface area contributed by atoms with Crippen LogP contribution in [0.25, 0.3) is 33.9 Å². The van der Waals surface area contributed by atoms with E-state index in [0.717, 1.165) is 22.5 Å². The summed E-state index contributed by atoms with van der Waals surface area (Å²) < 4.78 is 0. The molecule has 0 N–H and O–H groups in total. The zero-order chi connectivity index (χ0) is 16.2. The highest BCUT2D eigenvalue weighted by Gasteiger charge is 2.18. The third-order valence-electron chi connectivity index (χ3n) is 3.53. The molecule has 0 aromatic carbocycles. The first-order valence-corrected chi connectivity index (χ1v) is 7.40. The van der Waals surface area contributed by atoms with Gasteiger partial charge in [-0.15, -0.1) is 10.2 Å². The third-order valence-corrected chi connectivity index (χ3v) is 3.53. The second-order valence-electron chi connectivity index (χ2n) is 5.02. The smallest absolute Gasteiger partial charge is 0.123 e. The SMILES string of the molecule is c1ccc(-c2cnnc(-c3cccnn3)c2-c2ccccn2)nc1. The summed E-state index contributed by atoms with van der Waals surface area (Å²) in [7, 11) is 0. The van der Waals surface area contributed by atoms with Crippen molar-refractivity contribution in [2.75, 3.05) is 0 Å². The molecule has 4 aromatic heterocycles. The van der Waals surface area contributed by atoms with Crippen molar-refractivity contribution in [1.29, 1.82) is 0 Å². The summed E-state index contributed by atoms with van der Waals surface area (Å²) in [6.45, 7) is 0. The molecule has 0 saturated carbocycles. The van der Waals surface area contributed by atoms with Crippen molar-refractivity contribution < 1.29 is 0 Å². The molecule has 24 heavy (non-hydrogen) atoms. The lowest BCUT2D eigenvalue weighted by Gasteiger charge is -2.11. The van der Waals surface area contributed by atoms with Gasteiger partial charge in [0.15, 0.2) is 0 Å². The van der Waals surface area contributed by atoms with Crippen LogP contribution in [0.3, 0.4) is 0 Å². The molecule has 0 aliphatic rings. The van der Waals surface area contributed by atoms with Gasteiger partial charge in [-0.05, 0) is 36.4 Å². The normalized spacial score (nSPS) is 10.5. The van der Waals surface area contributed by atoms with Gasteiger partial charge in [-0.3, -0.25) is 9.97 Å². The molecule has 0 atom stereocenters. The van der Waals surface area contributed by atoms with Crippen molar-refractivity contribution in [1.82, 2.24) is 30.4 Å². The summed E-state index contributed by atoms with van der Waals surface area (Å²) >= 11 is 0. The molecule has 0 spiro atoms. The Labute approximate surface area is 138 Å². The standard InChI is InChI=1S/C18H12N6/c1-3-9-19-14(6-1)13-12-22-24-18(16-8-5-11-21-23-16)17(13)15-7-2-4-10-20-15/h1-12H. The quantitative estimate of drug-likeness (QED) is 0.578. The highest BCUT2D eigenvalue weighted by atomic mass is 15.1. The number of hydrogen-bond acceptors (Lipinski definition) is 6. The van der Waals surface area contributed by atoms with E-state index < -0.39 is 0 Å². The van der Waals surface area contributed by atoms with Crippen LogP contribution in [-0.2, 0) is 0 Å². The number of aromatic nitrogens is 6. The van der Waals surface area contributed by atoms with Crippen LogP contribution >= 0.6 is 0 Å². The monoisotopic (exact) mass is 312 g/mol. The first-order valence-electron chi connectivity index (χ1n) is 7.40. The predicted octanol–water partition coefficient (Wildman–Crippen LogP) is 3.06. The molecule has 0 bridgehead atoms. The van der Waals surface area contributed by atoms with Crippen LogP contribution in [-0.4, -0.2) is 30.4 Å². The zero-order valence-electron chi connectivity index (χ0n) is 12.6.